The maximum Gasteiger partial charge on any atom is 0.153 e. The third-order valence-corrected chi connectivity index (χ3v) is 1.54. The molecule has 12 heavy (non-hydrogen) atoms. The monoisotopic (exact) mass is 167 g/mol. The van der Waals surface area contributed by atoms with E-state index in [0.29, 0.717) is 0 Å². The summed E-state index contributed by atoms with van der Waals surface area (Å²) in [6.45, 7) is 1.79. The zero-order valence-electron chi connectivity index (χ0n) is 6.71. The van der Waals surface area contributed by atoms with E-state index >= 15 is 0 Å². The number of nitrogens with two attached hydrogens (primary N) is 2. The summed E-state index contributed by atoms with van der Waals surface area (Å²) in [5.41, 5.74) is 6.40. The Morgan fingerprint density at radius 1 is 1.50 bits per heavy atom. The van der Waals surface area contributed by atoms with Crippen LogP contribution >= 0.6 is 0 Å². The van der Waals surface area contributed by atoms with Crippen LogP contribution in [-0.4, -0.2) is 5.84 Å². The molecule has 0 radical (unpaired) electrons. The summed E-state index contributed by atoms with van der Waals surface area (Å²) in [6.07, 6.45) is 0. The van der Waals surface area contributed by atoms with Crippen LogP contribution in [0.1, 0.15) is 11.1 Å². The molecule has 0 aliphatic carbocycles. The zero-order valence-corrected chi connectivity index (χ0v) is 6.71. The Bertz CT molecular complexity index is 320. The predicted molar refractivity (Wildman–Crippen MR) is 46.0 cm³/mol. The highest BCUT2D eigenvalue weighted by atomic mass is 19.1. The molecule has 0 amide bonds. The Kier molecular flexibility index (Phi) is 2.28. The molecule has 0 unspecified atom stereocenters. The lowest BCUT2D eigenvalue weighted by Gasteiger charge is -2.01. The van der Waals surface area contributed by atoms with E-state index in [-0.39, 0.29) is 11.4 Å². The van der Waals surface area contributed by atoms with Crippen LogP contribution in [0.5, 0.6) is 0 Å². The van der Waals surface area contributed by atoms with Gasteiger partial charge in [-0.2, -0.15) is 5.10 Å². The fraction of sp³-hybridized carbons (Fsp3) is 0.125. The lowest BCUT2D eigenvalue weighted by molar-refractivity contribution is 0.623. The lowest BCUT2D eigenvalue weighted by atomic mass is 10.1. The van der Waals surface area contributed by atoms with E-state index < -0.39 is 5.82 Å². The van der Waals surface area contributed by atoms with E-state index in [0.717, 1.165) is 5.56 Å². The van der Waals surface area contributed by atoms with E-state index in [9.17, 15) is 4.39 Å². The first-order valence-electron chi connectivity index (χ1n) is 3.45. The summed E-state index contributed by atoms with van der Waals surface area (Å²) in [6, 6.07) is 4.68. The number of aryl methyl sites for hydroxylation is 1. The fourth-order valence-corrected chi connectivity index (χ4v) is 0.897. The number of nitrogens with zero attached hydrogens (tertiary/aromatic N) is 1. The quantitative estimate of drug-likeness (QED) is 0.280. The van der Waals surface area contributed by atoms with Gasteiger partial charge in [-0.15, -0.1) is 0 Å². The molecule has 0 aliphatic heterocycles. The van der Waals surface area contributed by atoms with Gasteiger partial charge in [0.1, 0.15) is 5.82 Å². The van der Waals surface area contributed by atoms with E-state index in [1.165, 1.54) is 6.07 Å². The van der Waals surface area contributed by atoms with Gasteiger partial charge in [0.15, 0.2) is 5.84 Å². The van der Waals surface area contributed by atoms with Crippen LogP contribution < -0.4 is 11.6 Å². The summed E-state index contributed by atoms with van der Waals surface area (Å²) >= 11 is 0. The first kappa shape index (κ1) is 8.52. The molecule has 0 aliphatic rings. The normalized spacial score (nSPS) is 11.7. The van der Waals surface area contributed by atoms with E-state index in [4.69, 9.17) is 11.6 Å². The minimum Gasteiger partial charge on any atom is -0.382 e. The number of benzene rings is 1. The second-order valence-corrected chi connectivity index (χ2v) is 2.50. The Balaban J connectivity index is 3.18. The van der Waals surface area contributed by atoms with Gasteiger partial charge in [0, 0.05) is 0 Å². The van der Waals surface area contributed by atoms with E-state index in [2.05, 4.69) is 5.10 Å². The molecule has 1 aromatic carbocycles. The number of rotatable bonds is 1. The topological polar surface area (TPSA) is 64.4 Å². The minimum atomic E-state index is -0.401. The van der Waals surface area contributed by atoms with Gasteiger partial charge in [0.25, 0.3) is 0 Å². The van der Waals surface area contributed by atoms with Gasteiger partial charge in [0.05, 0.1) is 5.56 Å². The molecule has 0 atom stereocenters. The Hall–Kier alpha value is -1.58. The van der Waals surface area contributed by atoms with Crippen LogP contribution in [-0.2, 0) is 0 Å². The highest BCUT2D eigenvalue weighted by molar-refractivity contribution is 5.97. The Morgan fingerprint density at radius 2 is 2.17 bits per heavy atom. The lowest BCUT2D eigenvalue weighted by Crippen LogP contribution is -2.17. The van der Waals surface area contributed by atoms with E-state index in [1.54, 1.807) is 19.1 Å². The van der Waals surface area contributed by atoms with Crippen molar-refractivity contribution in [1.82, 2.24) is 0 Å². The molecular formula is C8H10FN3. The molecule has 4 N–H and O–H groups in total. The predicted octanol–water partition coefficient (Wildman–Crippen LogP) is 0.713. The van der Waals surface area contributed by atoms with Gasteiger partial charge >= 0.3 is 0 Å². The van der Waals surface area contributed by atoms with Gasteiger partial charge in [0.2, 0.25) is 0 Å². The zero-order chi connectivity index (χ0) is 9.14. The van der Waals surface area contributed by atoms with Gasteiger partial charge in [-0.05, 0) is 24.6 Å². The van der Waals surface area contributed by atoms with E-state index in [1.807, 2.05) is 0 Å². The maximum absolute atomic E-state index is 13.1. The van der Waals surface area contributed by atoms with Crippen molar-refractivity contribution in [3.63, 3.8) is 0 Å². The molecule has 1 aromatic rings. The second-order valence-electron chi connectivity index (χ2n) is 2.50. The van der Waals surface area contributed by atoms with Crippen molar-refractivity contribution in [2.75, 3.05) is 0 Å². The highest BCUT2D eigenvalue weighted by Crippen LogP contribution is 2.08. The second kappa shape index (κ2) is 3.21. The molecule has 0 heterocycles. The standard InChI is InChI=1S/C8H10FN3/c1-5-2-3-6(7(9)4-5)8(10)12-11/h2-4H,11H2,1H3,(H2,10,12). The Morgan fingerprint density at radius 3 is 2.67 bits per heavy atom. The molecule has 0 saturated carbocycles. The van der Waals surface area contributed by atoms with Crippen LogP contribution in [0.15, 0.2) is 23.3 Å². The smallest absolute Gasteiger partial charge is 0.153 e. The molecular weight excluding hydrogens is 157 g/mol. The number of hydrogen-bond donors (Lipinski definition) is 2. The third kappa shape index (κ3) is 1.53. The molecule has 0 bridgehead atoms. The first-order chi connectivity index (χ1) is 5.65. The molecule has 0 fully saturated rings. The van der Waals surface area contributed by atoms with Crippen molar-refractivity contribution in [3.8, 4) is 0 Å². The number of amidine groups is 1. The molecule has 64 valence electrons. The molecule has 4 heteroatoms. The van der Waals surface area contributed by atoms with Gasteiger partial charge < -0.3 is 11.6 Å². The summed E-state index contributed by atoms with van der Waals surface area (Å²) < 4.78 is 13.1. The largest absolute Gasteiger partial charge is 0.382 e. The summed E-state index contributed by atoms with van der Waals surface area (Å²) in [4.78, 5) is 0. The Labute approximate surface area is 69.9 Å². The van der Waals surface area contributed by atoms with Crippen molar-refractivity contribution in [2.24, 2.45) is 16.7 Å². The molecule has 0 saturated heterocycles. The maximum atomic E-state index is 13.1. The van der Waals surface area contributed by atoms with Crippen LogP contribution in [0, 0.1) is 12.7 Å². The molecule has 3 nitrogen and oxygen atoms in total. The number of halogens is 1. The minimum absolute atomic E-state index is 0.00694. The first-order valence-corrected chi connectivity index (χ1v) is 3.45. The van der Waals surface area contributed by atoms with Crippen LogP contribution in [0.25, 0.3) is 0 Å². The van der Waals surface area contributed by atoms with Crippen molar-refractivity contribution in [1.29, 1.82) is 0 Å². The van der Waals surface area contributed by atoms with Gasteiger partial charge in [-0.3, -0.25) is 0 Å². The number of hydrogen-bond acceptors (Lipinski definition) is 2. The summed E-state index contributed by atoms with van der Waals surface area (Å²) in [5.74, 6) is 4.51. The van der Waals surface area contributed by atoms with Crippen LogP contribution in [0.3, 0.4) is 0 Å². The summed E-state index contributed by atoms with van der Waals surface area (Å²) in [5, 5.41) is 3.20. The van der Waals surface area contributed by atoms with Crippen molar-refractivity contribution >= 4 is 5.84 Å². The van der Waals surface area contributed by atoms with Gasteiger partial charge in [-0.1, -0.05) is 6.07 Å². The van der Waals surface area contributed by atoms with Crippen LogP contribution in [0.4, 0.5) is 4.39 Å². The molecule has 1 rings (SSSR count). The fourth-order valence-electron chi connectivity index (χ4n) is 0.897. The third-order valence-electron chi connectivity index (χ3n) is 1.54. The number of hydrazone groups is 1. The highest BCUT2D eigenvalue weighted by Gasteiger charge is 2.04. The molecule has 0 spiro atoms. The van der Waals surface area contributed by atoms with Crippen molar-refractivity contribution in [3.05, 3.63) is 35.1 Å². The van der Waals surface area contributed by atoms with Gasteiger partial charge in [-0.25, -0.2) is 4.39 Å². The van der Waals surface area contributed by atoms with Crippen LogP contribution in [0.2, 0.25) is 0 Å². The molecule has 0 aromatic heterocycles. The van der Waals surface area contributed by atoms with Crippen molar-refractivity contribution < 1.29 is 4.39 Å². The van der Waals surface area contributed by atoms with Crippen molar-refractivity contribution in [2.45, 2.75) is 6.92 Å². The SMILES string of the molecule is Cc1ccc(/C(N)=N/N)c(F)c1. The summed E-state index contributed by atoms with van der Waals surface area (Å²) in [7, 11) is 0. The average Bonchev–Trinajstić information content (AvgIpc) is 2.03. The average molecular weight is 167 g/mol.